The van der Waals surface area contributed by atoms with Gasteiger partial charge in [-0.15, -0.1) is 0 Å². The smallest absolute Gasteiger partial charge is 0.222 e. The Morgan fingerprint density at radius 2 is 1.74 bits per heavy atom. The predicted octanol–water partition coefficient (Wildman–Crippen LogP) is 2.94. The van der Waals surface area contributed by atoms with Crippen molar-refractivity contribution in [3.63, 3.8) is 0 Å². The summed E-state index contributed by atoms with van der Waals surface area (Å²) in [7, 11) is 0. The van der Waals surface area contributed by atoms with Crippen LogP contribution in [0.25, 0.3) is 0 Å². The van der Waals surface area contributed by atoms with Gasteiger partial charge >= 0.3 is 0 Å². The van der Waals surface area contributed by atoms with E-state index in [0.717, 1.165) is 12.0 Å². The van der Waals surface area contributed by atoms with E-state index in [0.29, 0.717) is 17.5 Å². The molecule has 0 radical (unpaired) electrons. The molecule has 3 N–H and O–H groups in total. The minimum absolute atomic E-state index is 0.159. The standard InChI is InChI=1S/C14H26N4O/c1-8-14(6,7)19-11-9(2)10(18-15)16-12(17-11)13(3,4)5/h8,15H2,1-7H3,(H,16,17,18). The molecule has 0 atom stereocenters. The lowest BCUT2D eigenvalue weighted by molar-refractivity contribution is 0.0971. The van der Waals surface area contributed by atoms with Crippen molar-refractivity contribution in [2.24, 2.45) is 5.84 Å². The van der Waals surface area contributed by atoms with E-state index in [4.69, 9.17) is 10.6 Å². The number of hydrazine groups is 1. The zero-order valence-corrected chi connectivity index (χ0v) is 13.1. The first kappa shape index (κ1) is 15.7. The van der Waals surface area contributed by atoms with Crippen LogP contribution in [0.15, 0.2) is 0 Å². The van der Waals surface area contributed by atoms with Gasteiger partial charge in [0.25, 0.3) is 0 Å². The maximum Gasteiger partial charge on any atom is 0.222 e. The number of hydrogen-bond acceptors (Lipinski definition) is 5. The van der Waals surface area contributed by atoms with E-state index in [1.807, 2.05) is 20.8 Å². The van der Waals surface area contributed by atoms with Gasteiger partial charge in [0.2, 0.25) is 5.88 Å². The topological polar surface area (TPSA) is 73.1 Å². The highest BCUT2D eigenvalue weighted by molar-refractivity contribution is 5.48. The van der Waals surface area contributed by atoms with Gasteiger partial charge in [-0.2, -0.15) is 4.98 Å². The van der Waals surface area contributed by atoms with Crippen molar-refractivity contribution in [2.45, 2.75) is 65.9 Å². The molecule has 1 aromatic rings. The molecule has 1 rings (SSSR count). The number of nitrogen functional groups attached to an aromatic ring is 1. The predicted molar refractivity (Wildman–Crippen MR) is 78.3 cm³/mol. The molecular weight excluding hydrogens is 240 g/mol. The Kier molecular flexibility index (Phi) is 4.40. The SMILES string of the molecule is CCC(C)(C)Oc1nc(C(C)(C)C)nc(NN)c1C. The summed E-state index contributed by atoms with van der Waals surface area (Å²) in [6.07, 6.45) is 0.896. The van der Waals surface area contributed by atoms with E-state index >= 15 is 0 Å². The lowest BCUT2D eigenvalue weighted by atomic mass is 9.95. The molecule has 0 aliphatic carbocycles. The van der Waals surface area contributed by atoms with E-state index in [2.05, 4.69) is 43.1 Å². The van der Waals surface area contributed by atoms with E-state index < -0.39 is 0 Å². The van der Waals surface area contributed by atoms with Crippen LogP contribution >= 0.6 is 0 Å². The van der Waals surface area contributed by atoms with Gasteiger partial charge in [0, 0.05) is 5.41 Å². The lowest BCUT2D eigenvalue weighted by Gasteiger charge is -2.27. The lowest BCUT2D eigenvalue weighted by Crippen LogP contribution is -2.29. The quantitative estimate of drug-likeness (QED) is 0.647. The number of rotatable bonds is 4. The maximum atomic E-state index is 6.01. The second-order valence-electron chi connectivity index (χ2n) is 6.44. The highest BCUT2D eigenvalue weighted by Crippen LogP contribution is 2.29. The van der Waals surface area contributed by atoms with Crippen LogP contribution in [0.4, 0.5) is 5.82 Å². The van der Waals surface area contributed by atoms with Gasteiger partial charge in [-0.1, -0.05) is 27.7 Å². The Hall–Kier alpha value is -1.36. The minimum Gasteiger partial charge on any atom is -0.471 e. The van der Waals surface area contributed by atoms with Crippen molar-refractivity contribution in [3.8, 4) is 5.88 Å². The van der Waals surface area contributed by atoms with Crippen LogP contribution in [0.5, 0.6) is 5.88 Å². The van der Waals surface area contributed by atoms with Crippen molar-refractivity contribution in [3.05, 3.63) is 11.4 Å². The molecule has 5 nitrogen and oxygen atoms in total. The largest absolute Gasteiger partial charge is 0.471 e. The average Bonchev–Trinajstić information content (AvgIpc) is 2.30. The number of nitrogens with zero attached hydrogens (tertiary/aromatic N) is 2. The molecular formula is C14H26N4O. The average molecular weight is 266 g/mol. The van der Waals surface area contributed by atoms with Gasteiger partial charge in [-0.05, 0) is 27.2 Å². The number of aromatic nitrogens is 2. The molecule has 19 heavy (non-hydrogen) atoms. The summed E-state index contributed by atoms with van der Waals surface area (Å²) >= 11 is 0. The molecule has 0 aromatic carbocycles. The first-order valence-corrected chi connectivity index (χ1v) is 6.65. The molecule has 108 valence electrons. The third-order valence-electron chi connectivity index (χ3n) is 3.13. The van der Waals surface area contributed by atoms with Crippen molar-refractivity contribution in [1.29, 1.82) is 0 Å². The maximum absolute atomic E-state index is 6.01. The third-order valence-corrected chi connectivity index (χ3v) is 3.13. The first-order chi connectivity index (χ1) is 8.60. The van der Waals surface area contributed by atoms with Crippen molar-refractivity contribution < 1.29 is 4.74 Å². The van der Waals surface area contributed by atoms with Crippen LogP contribution in [0.3, 0.4) is 0 Å². The summed E-state index contributed by atoms with van der Waals surface area (Å²) in [5, 5.41) is 0. The number of nitrogens with one attached hydrogen (secondary N) is 1. The van der Waals surface area contributed by atoms with Crippen LogP contribution in [0.1, 0.15) is 59.4 Å². The van der Waals surface area contributed by atoms with Gasteiger partial charge in [0.05, 0.1) is 5.56 Å². The van der Waals surface area contributed by atoms with Gasteiger partial charge in [-0.25, -0.2) is 10.8 Å². The minimum atomic E-state index is -0.264. The van der Waals surface area contributed by atoms with Crippen molar-refractivity contribution in [2.75, 3.05) is 5.43 Å². The summed E-state index contributed by atoms with van der Waals surface area (Å²) < 4.78 is 6.01. The van der Waals surface area contributed by atoms with Crippen molar-refractivity contribution >= 4 is 5.82 Å². The Balaban J connectivity index is 3.30. The summed E-state index contributed by atoms with van der Waals surface area (Å²) in [6.45, 7) is 14.3. The molecule has 1 heterocycles. The second kappa shape index (κ2) is 5.33. The van der Waals surface area contributed by atoms with E-state index in [1.165, 1.54) is 0 Å². The highest BCUT2D eigenvalue weighted by atomic mass is 16.5. The Morgan fingerprint density at radius 3 is 2.16 bits per heavy atom. The Labute approximate surface area is 115 Å². The molecule has 0 fully saturated rings. The Morgan fingerprint density at radius 1 is 1.16 bits per heavy atom. The zero-order chi connectivity index (χ0) is 14.8. The summed E-state index contributed by atoms with van der Waals surface area (Å²) in [5.41, 5.74) is 3.03. The van der Waals surface area contributed by atoms with Crippen molar-refractivity contribution in [1.82, 2.24) is 9.97 Å². The van der Waals surface area contributed by atoms with Gasteiger partial charge in [0.1, 0.15) is 11.4 Å². The summed E-state index contributed by atoms with van der Waals surface area (Å²) in [4.78, 5) is 9.01. The van der Waals surface area contributed by atoms with Gasteiger partial charge in [0.15, 0.2) is 5.82 Å². The Bertz CT molecular complexity index is 449. The van der Waals surface area contributed by atoms with Gasteiger partial charge in [-0.3, -0.25) is 0 Å². The zero-order valence-electron chi connectivity index (χ0n) is 13.1. The molecule has 1 aromatic heterocycles. The first-order valence-electron chi connectivity index (χ1n) is 6.65. The fourth-order valence-electron chi connectivity index (χ4n) is 1.41. The molecule has 0 amide bonds. The number of anilines is 1. The van der Waals surface area contributed by atoms with Gasteiger partial charge < -0.3 is 10.2 Å². The summed E-state index contributed by atoms with van der Waals surface area (Å²) in [5.74, 6) is 7.46. The normalized spacial score (nSPS) is 12.4. The molecule has 0 bridgehead atoms. The monoisotopic (exact) mass is 266 g/mol. The van der Waals surface area contributed by atoms with Crippen LogP contribution in [-0.2, 0) is 5.41 Å². The fraction of sp³-hybridized carbons (Fsp3) is 0.714. The number of hydrogen-bond donors (Lipinski definition) is 2. The van der Waals surface area contributed by atoms with Crippen LogP contribution in [0, 0.1) is 6.92 Å². The number of nitrogens with two attached hydrogens (primary N) is 1. The second-order valence-corrected chi connectivity index (χ2v) is 6.44. The van der Waals surface area contributed by atoms with E-state index in [1.54, 1.807) is 0 Å². The number of ether oxygens (including phenoxy) is 1. The molecule has 0 unspecified atom stereocenters. The molecule has 0 aliphatic heterocycles. The van der Waals surface area contributed by atoms with Crippen LogP contribution in [0.2, 0.25) is 0 Å². The molecule has 0 aliphatic rings. The highest BCUT2D eigenvalue weighted by Gasteiger charge is 2.25. The third kappa shape index (κ3) is 3.80. The molecule has 0 saturated carbocycles. The molecule has 5 heteroatoms. The van der Waals surface area contributed by atoms with E-state index in [-0.39, 0.29) is 11.0 Å². The van der Waals surface area contributed by atoms with Crippen LogP contribution in [-0.4, -0.2) is 15.6 Å². The van der Waals surface area contributed by atoms with E-state index in [9.17, 15) is 0 Å². The van der Waals surface area contributed by atoms with Crippen LogP contribution < -0.4 is 16.0 Å². The fourth-order valence-corrected chi connectivity index (χ4v) is 1.41. The molecule has 0 spiro atoms. The summed E-state index contributed by atoms with van der Waals surface area (Å²) in [6, 6.07) is 0. The molecule has 0 saturated heterocycles.